The second-order valence-electron chi connectivity index (χ2n) is 10.1. The summed E-state index contributed by atoms with van der Waals surface area (Å²) in [5, 5.41) is 2.26. The Labute approximate surface area is 271 Å². The summed E-state index contributed by atoms with van der Waals surface area (Å²) < 4.78 is 48.4. The summed E-state index contributed by atoms with van der Waals surface area (Å²) in [6, 6.07) is 15.5. The Bertz CT molecular complexity index is 1910. The van der Waals surface area contributed by atoms with Crippen molar-refractivity contribution in [3.63, 3.8) is 0 Å². The third kappa shape index (κ3) is 5.62. The third-order valence-electron chi connectivity index (χ3n) is 7.48. The van der Waals surface area contributed by atoms with E-state index in [1.54, 1.807) is 24.3 Å². The highest BCUT2D eigenvalue weighted by Gasteiger charge is 2.57. The number of rotatable bonds is 6. The maximum Gasteiger partial charge on any atom is 0.418 e. The molecule has 3 heterocycles. The number of alkyl halides is 3. The number of thioether (sulfide) groups is 1. The first kappa shape index (κ1) is 31.2. The molecule has 3 amide bonds. The Morgan fingerprint density at radius 3 is 2.36 bits per heavy atom. The van der Waals surface area contributed by atoms with Crippen molar-refractivity contribution in [2.24, 2.45) is 5.92 Å². The van der Waals surface area contributed by atoms with Crippen molar-refractivity contribution in [2.45, 2.75) is 28.9 Å². The van der Waals surface area contributed by atoms with Crippen molar-refractivity contribution in [1.82, 2.24) is 4.57 Å². The molecule has 0 bridgehead atoms. The molecule has 0 radical (unpaired) electrons. The number of anilines is 2. The minimum atomic E-state index is -4.83. The maximum atomic E-state index is 14.0. The molecule has 45 heavy (non-hydrogen) atoms. The van der Waals surface area contributed by atoms with Crippen molar-refractivity contribution >= 4 is 75.4 Å². The number of hydrogen-bond donors (Lipinski definition) is 1. The molecule has 1 saturated heterocycles. The molecule has 0 aliphatic carbocycles. The molecular weight excluding hydrogens is 674 g/mol. The van der Waals surface area contributed by atoms with Crippen LogP contribution in [0.2, 0.25) is 10.0 Å². The van der Waals surface area contributed by atoms with Gasteiger partial charge in [-0.05, 0) is 48.0 Å². The summed E-state index contributed by atoms with van der Waals surface area (Å²) in [5.74, 6) is -3.71. The van der Waals surface area contributed by atoms with Gasteiger partial charge in [0.15, 0.2) is 0 Å². The summed E-state index contributed by atoms with van der Waals surface area (Å²) in [5.41, 5.74) is -0.800. The van der Waals surface area contributed by atoms with E-state index in [0.717, 1.165) is 35.2 Å². The molecule has 1 aromatic heterocycles. The summed E-state index contributed by atoms with van der Waals surface area (Å²) in [6.45, 7) is -0.437. The number of methoxy groups -OCH3 is 1. The number of amides is 3. The fourth-order valence-corrected chi connectivity index (χ4v) is 8.56. The van der Waals surface area contributed by atoms with Gasteiger partial charge in [-0.1, -0.05) is 70.6 Å². The lowest BCUT2D eigenvalue weighted by Crippen LogP contribution is -2.33. The minimum absolute atomic E-state index is 0.213. The van der Waals surface area contributed by atoms with Crippen LogP contribution >= 0.6 is 46.3 Å². The van der Waals surface area contributed by atoms with Gasteiger partial charge in [-0.2, -0.15) is 13.2 Å². The number of carbonyl (C=O) groups is 3. The number of ether oxygens (including phenoxy) is 1. The predicted molar refractivity (Wildman–Crippen MR) is 166 cm³/mol. The second kappa shape index (κ2) is 11.9. The molecule has 2 aliphatic heterocycles. The lowest BCUT2D eigenvalue weighted by atomic mass is 9.83. The number of nitrogens with one attached hydrogen (secondary N) is 1. The second-order valence-corrected chi connectivity index (χ2v) is 13.1. The average Bonchev–Trinajstić information content (AvgIpc) is 3.44. The predicted octanol–water partition coefficient (Wildman–Crippen LogP) is 6.68. The highest BCUT2D eigenvalue weighted by atomic mass is 35.5. The molecule has 3 aromatic carbocycles. The van der Waals surface area contributed by atoms with Gasteiger partial charge in [0, 0.05) is 16.5 Å². The van der Waals surface area contributed by atoms with Gasteiger partial charge in [0.25, 0.3) is 0 Å². The van der Waals surface area contributed by atoms with Crippen LogP contribution < -0.4 is 19.8 Å². The Kier molecular flexibility index (Phi) is 8.23. The molecule has 0 saturated carbocycles. The number of hydrogen-bond acceptors (Lipinski definition) is 7. The molecule has 2 aliphatic rings. The number of nitrogens with zero attached hydrogens (tertiary/aromatic N) is 2. The number of imide groups is 1. The van der Waals surface area contributed by atoms with E-state index in [0.29, 0.717) is 26.8 Å². The van der Waals surface area contributed by atoms with E-state index < -0.39 is 63.7 Å². The molecule has 0 spiro atoms. The van der Waals surface area contributed by atoms with Gasteiger partial charge >= 0.3 is 11.0 Å². The van der Waals surface area contributed by atoms with Gasteiger partial charge in [0.1, 0.15) is 17.5 Å². The number of para-hydroxylation sites is 1. The summed E-state index contributed by atoms with van der Waals surface area (Å²) >= 11 is 13.7. The molecular formula is C30H20Cl2F3N3O5S2. The zero-order chi connectivity index (χ0) is 32.2. The quantitative estimate of drug-likeness (QED) is 0.227. The fraction of sp³-hybridized carbons (Fsp3) is 0.200. The standard InChI is InChI=1S/C30H20Cl2F3N3O5S2/c1-43-16-9-6-14(7-10-16)22-23-24(27(41)38(26(23)40)20-5-3-2-4-17(20)30(33,34)35)44-28-25(22)45-29(42)37(28)13-21(39)36-15-8-11-18(31)19(32)12-15/h2-12,22-24H,13H2,1H3,(H,36,39). The largest absolute Gasteiger partial charge is 0.497 e. The Balaban J connectivity index is 1.42. The van der Waals surface area contributed by atoms with Crippen molar-refractivity contribution in [3.05, 3.63) is 102 Å². The van der Waals surface area contributed by atoms with Crippen LogP contribution in [0.3, 0.4) is 0 Å². The lowest BCUT2D eigenvalue weighted by molar-refractivity contribution is -0.137. The molecule has 232 valence electrons. The maximum absolute atomic E-state index is 14.0. The minimum Gasteiger partial charge on any atom is -0.497 e. The first-order valence-electron chi connectivity index (χ1n) is 13.2. The van der Waals surface area contributed by atoms with Gasteiger partial charge in [-0.25, -0.2) is 4.90 Å². The van der Waals surface area contributed by atoms with Crippen molar-refractivity contribution in [3.8, 4) is 5.75 Å². The average molecular weight is 695 g/mol. The summed E-state index contributed by atoms with van der Waals surface area (Å²) in [4.78, 5) is 54.8. The first-order valence-corrected chi connectivity index (χ1v) is 15.7. The molecule has 1 fully saturated rings. The zero-order valence-electron chi connectivity index (χ0n) is 22.9. The number of halogens is 5. The monoisotopic (exact) mass is 693 g/mol. The van der Waals surface area contributed by atoms with E-state index in [-0.39, 0.29) is 15.1 Å². The summed E-state index contributed by atoms with van der Waals surface area (Å²) in [6.07, 6.45) is -4.83. The van der Waals surface area contributed by atoms with E-state index in [2.05, 4.69) is 5.32 Å². The highest BCUT2D eigenvalue weighted by Crippen LogP contribution is 2.54. The van der Waals surface area contributed by atoms with E-state index in [1.807, 2.05) is 0 Å². The normalized spacial score (nSPS) is 19.3. The molecule has 15 heteroatoms. The van der Waals surface area contributed by atoms with Gasteiger partial charge in [0.05, 0.1) is 39.3 Å². The van der Waals surface area contributed by atoms with Crippen molar-refractivity contribution in [2.75, 3.05) is 17.3 Å². The van der Waals surface area contributed by atoms with Crippen LogP contribution in [-0.2, 0) is 27.1 Å². The SMILES string of the molecule is COc1ccc(C2c3sc(=O)n(CC(=O)Nc4ccc(Cl)c(Cl)c4)c3SC3C(=O)N(c4ccccc4C(F)(F)F)C(=O)C32)cc1. The molecule has 8 nitrogen and oxygen atoms in total. The summed E-state index contributed by atoms with van der Waals surface area (Å²) in [7, 11) is 1.48. The van der Waals surface area contributed by atoms with E-state index >= 15 is 0 Å². The number of aromatic nitrogens is 1. The Morgan fingerprint density at radius 1 is 0.978 bits per heavy atom. The molecule has 3 unspecified atom stereocenters. The van der Waals surface area contributed by atoms with Crippen LogP contribution in [0.25, 0.3) is 0 Å². The topological polar surface area (TPSA) is 97.7 Å². The number of fused-ring (bicyclic) bond motifs is 2. The number of carbonyl (C=O) groups excluding carboxylic acids is 3. The van der Waals surface area contributed by atoms with Crippen molar-refractivity contribution < 1.29 is 32.3 Å². The van der Waals surface area contributed by atoms with Gasteiger partial charge in [0.2, 0.25) is 17.7 Å². The van der Waals surface area contributed by atoms with Crippen molar-refractivity contribution in [1.29, 1.82) is 0 Å². The van der Waals surface area contributed by atoms with Crippen LogP contribution in [0.1, 0.15) is 21.9 Å². The lowest BCUT2D eigenvalue weighted by Gasteiger charge is -2.30. The fourth-order valence-electron chi connectivity index (χ4n) is 5.49. The van der Waals surface area contributed by atoms with E-state index in [4.69, 9.17) is 27.9 Å². The van der Waals surface area contributed by atoms with Gasteiger partial charge < -0.3 is 10.1 Å². The highest BCUT2D eigenvalue weighted by molar-refractivity contribution is 8.00. The molecule has 6 rings (SSSR count). The van der Waals surface area contributed by atoms with Crippen LogP contribution in [-0.4, -0.2) is 34.6 Å². The number of thiazole rings is 1. The Hall–Kier alpha value is -3.78. The van der Waals surface area contributed by atoms with Gasteiger partial charge in [-0.15, -0.1) is 0 Å². The number of benzene rings is 3. The van der Waals surface area contributed by atoms with Crippen LogP contribution in [0.4, 0.5) is 24.5 Å². The smallest absolute Gasteiger partial charge is 0.418 e. The van der Waals surface area contributed by atoms with Crippen LogP contribution in [0.15, 0.2) is 76.6 Å². The third-order valence-corrected chi connectivity index (χ3v) is 10.8. The van der Waals surface area contributed by atoms with Gasteiger partial charge in [-0.3, -0.25) is 23.7 Å². The zero-order valence-corrected chi connectivity index (χ0v) is 26.1. The van der Waals surface area contributed by atoms with Crippen LogP contribution in [0.5, 0.6) is 5.75 Å². The van der Waals surface area contributed by atoms with Crippen LogP contribution in [0, 0.1) is 5.92 Å². The molecule has 3 atom stereocenters. The first-order chi connectivity index (χ1) is 21.4. The Morgan fingerprint density at radius 2 is 1.69 bits per heavy atom. The molecule has 1 N–H and O–H groups in total. The van der Waals surface area contributed by atoms with E-state index in [9.17, 15) is 32.3 Å². The molecule has 4 aromatic rings. The van der Waals surface area contributed by atoms with E-state index in [1.165, 1.54) is 42.0 Å².